The maximum Gasteiger partial charge on any atom is 0.253 e. The van der Waals surface area contributed by atoms with E-state index in [-0.39, 0.29) is 24.0 Å². The van der Waals surface area contributed by atoms with Gasteiger partial charge in [-0.2, -0.15) is 0 Å². The second-order valence-corrected chi connectivity index (χ2v) is 9.40. The van der Waals surface area contributed by atoms with Gasteiger partial charge in [0, 0.05) is 28.6 Å². The van der Waals surface area contributed by atoms with Crippen LogP contribution >= 0.6 is 0 Å². The summed E-state index contributed by atoms with van der Waals surface area (Å²) in [7, 11) is 0. The van der Waals surface area contributed by atoms with Crippen LogP contribution in [0.25, 0.3) is 10.9 Å². The lowest BCUT2D eigenvalue weighted by Crippen LogP contribution is -2.39. The molecule has 1 aliphatic heterocycles. The molecule has 1 amide bonds. The third-order valence-corrected chi connectivity index (χ3v) is 6.95. The molecule has 0 spiro atoms. The zero-order valence-corrected chi connectivity index (χ0v) is 20.2. The number of fused-ring (bicyclic) bond motifs is 1. The Kier molecular flexibility index (Phi) is 7.45. The molecule has 2 fully saturated rings. The molecule has 1 aliphatic carbocycles. The Balaban J connectivity index is 1.22. The second-order valence-electron chi connectivity index (χ2n) is 9.40. The maximum atomic E-state index is 13.1. The number of hydrogen-bond acceptors (Lipinski definition) is 5. The molecule has 2 N–H and O–H groups in total. The van der Waals surface area contributed by atoms with Crippen LogP contribution in [0.15, 0.2) is 59.8 Å². The van der Waals surface area contributed by atoms with E-state index in [4.69, 9.17) is 14.3 Å². The van der Waals surface area contributed by atoms with Crippen molar-refractivity contribution in [1.29, 1.82) is 0 Å². The maximum absolute atomic E-state index is 13.1. The van der Waals surface area contributed by atoms with E-state index < -0.39 is 0 Å². The van der Waals surface area contributed by atoms with E-state index in [9.17, 15) is 4.79 Å². The monoisotopic (exact) mass is 475 g/mol. The molecular formula is C28H33N3O4. The van der Waals surface area contributed by atoms with Crippen LogP contribution in [-0.2, 0) is 14.3 Å². The van der Waals surface area contributed by atoms with E-state index in [1.165, 1.54) is 0 Å². The second kappa shape index (κ2) is 11.1. The van der Waals surface area contributed by atoms with Crippen LogP contribution in [0.1, 0.15) is 47.3 Å². The predicted molar refractivity (Wildman–Crippen MR) is 136 cm³/mol. The molecule has 184 valence electrons. The first-order valence-electron chi connectivity index (χ1n) is 12.5. The lowest BCUT2D eigenvalue weighted by atomic mass is 9.81. The number of nitrogens with zero attached hydrogens (tertiary/aromatic N) is 1. The van der Waals surface area contributed by atoms with Gasteiger partial charge in [-0.25, -0.2) is 0 Å². The zero-order valence-electron chi connectivity index (χ0n) is 20.2. The number of para-hydroxylation sites is 1. The highest BCUT2D eigenvalue weighted by atomic mass is 16.7. The number of benzene rings is 2. The van der Waals surface area contributed by atoms with Crippen LogP contribution in [0.4, 0.5) is 0 Å². The summed E-state index contributed by atoms with van der Waals surface area (Å²) in [6.45, 7) is 4.10. The number of oxime groups is 1. The summed E-state index contributed by atoms with van der Waals surface area (Å²) >= 11 is 0. The molecular weight excluding hydrogens is 442 g/mol. The van der Waals surface area contributed by atoms with Crippen molar-refractivity contribution >= 4 is 22.5 Å². The molecule has 2 aliphatic rings. The molecule has 0 radical (unpaired) electrons. The summed E-state index contributed by atoms with van der Waals surface area (Å²) in [5.41, 5.74) is 4.69. The molecule has 5 rings (SSSR count). The van der Waals surface area contributed by atoms with Crippen LogP contribution in [0.2, 0.25) is 0 Å². The van der Waals surface area contributed by atoms with Gasteiger partial charge in [0.15, 0.2) is 0 Å². The summed E-state index contributed by atoms with van der Waals surface area (Å²) in [4.78, 5) is 22.2. The Morgan fingerprint density at radius 3 is 2.60 bits per heavy atom. The van der Waals surface area contributed by atoms with Crippen molar-refractivity contribution in [2.24, 2.45) is 11.1 Å². The van der Waals surface area contributed by atoms with Crippen LogP contribution in [0, 0.1) is 12.8 Å². The number of aromatic amines is 1. The first-order chi connectivity index (χ1) is 17.2. The number of H-pyrrole nitrogens is 1. The highest BCUT2D eigenvalue weighted by Gasteiger charge is 2.28. The van der Waals surface area contributed by atoms with Gasteiger partial charge in [-0.1, -0.05) is 53.7 Å². The van der Waals surface area contributed by atoms with Gasteiger partial charge in [-0.05, 0) is 44.2 Å². The third kappa shape index (κ3) is 5.57. The van der Waals surface area contributed by atoms with Crippen molar-refractivity contribution in [2.75, 3.05) is 26.4 Å². The Labute approximate surface area is 205 Å². The van der Waals surface area contributed by atoms with Gasteiger partial charge in [0.25, 0.3) is 5.91 Å². The highest BCUT2D eigenvalue weighted by molar-refractivity contribution is 6.08. The van der Waals surface area contributed by atoms with Gasteiger partial charge in [0.1, 0.15) is 12.7 Å². The smallest absolute Gasteiger partial charge is 0.253 e. The number of nitrogens with one attached hydrogen (secondary N) is 2. The van der Waals surface area contributed by atoms with Gasteiger partial charge in [0.05, 0.1) is 31.1 Å². The minimum absolute atomic E-state index is 0.00150. The van der Waals surface area contributed by atoms with Crippen molar-refractivity contribution in [3.8, 4) is 0 Å². The van der Waals surface area contributed by atoms with E-state index in [0.717, 1.165) is 59.1 Å². The van der Waals surface area contributed by atoms with Crippen LogP contribution < -0.4 is 5.32 Å². The van der Waals surface area contributed by atoms with E-state index >= 15 is 0 Å². The number of carbonyl (C=O) groups excluding carboxylic acids is 1. The number of rotatable bonds is 7. The van der Waals surface area contributed by atoms with Crippen LogP contribution in [0.5, 0.6) is 0 Å². The van der Waals surface area contributed by atoms with Gasteiger partial charge < -0.3 is 24.6 Å². The molecule has 7 nitrogen and oxygen atoms in total. The summed E-state index contributed by atoms with van der Waals surface area (Å²) in [6.07, 6.45) is 3.62. The summed E-state index contributed by atoms with van der Waals surface area (Å²) in [6, 6.07) is 18.3. The molecule has 2 heterocycles. The lowest BCUT2D eigenvalue weighted by Gasteiger charge is -2.30. The largest absolute Gasteiger partial charge is 0.393 e. The Hall–Kier alpha value is -3.16. The average molecular weight is 476 g/mol. The average Bonchev–Trinajstić information content (AvgIpc) is 3.24. The van der Waals surface area contributed by atoms with Crippen molar-refractivity contribution in [1.82, 2.24) is 10.3 Å². The first kappa shape index (κ1) is 23.6. The zero-order chi connectivity index (χ0) is 24.0. The van der Waals surface area contributed by atoms with E-state index in [1.54, 1.807) is 0 Å². The molecule has 1 saturated heterocycles. The van der Waals surface area contributed by atoms with Gasteiger partial charge in [0.2, 0.25) is 0 Å². The fourth-order valence-corrected chi connectivity index (χ4v) is 5.13. The standard InChI is InChI=1S/C28H33N3O4/c1-19-26(24-9-5-6-10-25(24)29-19)28(32)30-22-13-11-21(12-14-22)27(20-7-3-2-4-8-20)31-35-18-23-17-33-15-16-34-23/h2-10,21-23,29H,11-18H2,1H3,(H,30,32)/b31-27+/t21-,22-,23?. The molecule has 7 heteroatoms. The number of hydrogen-bond donors (Lipinski definition) is 2. The molecule has 35 heavy (non-hydrogen) atoms. The SMILES string of the molecule is Cc1[nH]c2ccccc2c1C(=O)N[C@H]1CC[C@H](/C(=N/OCC2COCCO2)c2ccccc2)CC1. The quantitative estimate of drug-likeness (QED) is 0.386. The number of aryl methyl sites for hydroxylation is 1. The van der Waals surface area contributed by atoms with Crippen molar-refractivity contribution in [3.63, 3.8) is 0 Å². The molecule has 1 atom stereocenters. The highest BCUT2D eigenvalue weighted by Crippen LogP contribution is 2.29. The summed E-state index contributed by atoms with van der Waals surface area (Å²) < 4.78 is 11.1. The predicted octanol–water partition coefficient (Wildman–Crippen LogP) is 4.60. The fourth-order valence-electron chi connectivity index (χ4n) is 5.13. The normalized spacial score (nSPS) is 23.2. The third-order valence-electron chi connectivity index (χ3n) is 6.95. The van der Waals surface area contributed by atoms with Gasteiger partial charge in [-0.15, -0.1) is 0 Å². The van der Waals surface area contributed by atoms with Gasteiger partial charge >= 0.3 is 0 Å². The number of carbonyl (C=O) groups is 1. The van der Waals surface area contributed by atoms with Crippen LogP contribution in [-0.4, -0.2) is 55.2 Å². The van der Waals surface area contributed by atoms with Crippen LogP contribution in [0.3, 0.4) is 0 Å². The van der Waals surface area contributed by atoms with Gasteiger partial charge in [-0.3, -0.25) is 4.79 Å². The van der Waals surface area contributed by atoms with Crippen molar-refractivity contribution < 1.29 is 19.1 Å². The summed E-state index contributed by atoms with van der Waals surface area (Å²) in [5, 5.41) is 8.82. The fraction of sp³-hybridized carbons (Fsp3) is 0.429. The molecule has 2 aromatic carbocycles. The summed E-state index contributed by atoms with van der Waals surface area (Å²) in [5.74, 6) is 0.280. The topological polar surface area (TPSA) is 84.9 Å². The number of amides is 1. The minimum atomic E-state index is -0.0801. The minimum Gasteiger partial charge on any atom is -0.393 e. The van der Waals surface area contributed by atoms with E-state index in [0.29, 0.717) is 26.4 Å². The van der Waals surface area contributed by atoms with E-state index in [1.807, 2.05) is 49.4 Å². The molecule has 1 unspecified atom stereocenters. The molecule has 1 aromatic heterocycles. The molecule has 1 saturated carbocycles. The Morgan fingerprint density at radius 2 is 1.83 bits per heavy atom. The Morgan fingerprint density at radius 1 is 1.06 bits per heavy atom. The number of ether oxygens (including phenoxy) is 2. The molecule has 3 aromatic rings. The van der Waals surface area contributed by atoms with Crippen molar-refractivity contribution in [3.05, 3.63) is 71.4 Å². The van der Waals surface area contributed by atoms with E-state index in [2.05, 4.69) is 27.6 Å². The number of aromatic nitrogens is 1. The lowest BCUT2D eigenvalue weighted by molar-refractivity contribution is -0.115. The van der Waals surface area contributed by atoms with Crippen molar-refractivity contribution in [2.45, 2.75) is 44.8 Å². The molecule has 0 bridgehead atoms. The Bertz CT molecular complexity index is 1160. The first-order valence-corrected chi connectivity index (χ1v) is 12.5.